The fourth-order valence-electron chi connectivity index (χ4n) is 3.89. The van der Waals surface area contributed by atoms with Crippen LogP contribution < -0.4 is 4.74 Å². The first-order valence-electron chi connectivity index (χ1n) is 9.11. The highest BCUT2D eigenvalue weighted by Crippen LogP contribution is 2.42. The van der Waals surface area contributed by atoms with Crippen LogP contribution in [0, 0.1) is 0 Å². The van der Waals surface area contributed by atoms with Gasteiger partial charge in [0.05, 0.1) is 24.5 Å². The minimum Gasteiger partial charge on any atom is -0.496 e. The quantitative estimate of drug-likeness (QED) is 0.761. The lowest BCUT2D eigenvalue weighted by molar-refractivity contribution is 0.00595. The summed E-state index contributed by atoms with van der Waals surface area (Å²) >= 11 is 0. The Balaban J connectivity index is 1.93. The molecule has 1 saturated heterocycles. The number of esters is 1. The number of ether oxygens (including phenoxy) is 2. The summed E-state index contributed by atoms with van der Waals surface area (Å²) in [5, 5.41) is 0. The van der Waals surface area contributed by atoms with E-state index >= 15 is 0 Å². The summed E-state index contributed by atoms with van der Waals surface area (Å²) in [5.74, 6) is -0.0331. The molecule has 27 heavy (non-hydrogen) atoms. The molecule has 1 amide bonds. The highest BCUT2D eigenvalue weighted by Gasteiger charge is 2.41. The molecular formula is C20H23N3O4. The zero-order chi connectivity index (χ0) is 19.3. The van der Waals surface area contributed by atoms with Crippen LogP contribution in [-0.2, 0) is 4.74 Å². The largest absolute Gasteiger partial charge is 0.496 e. The van der Waals surface area contributed by atoms with Crippen molar-refractivity contribution in [2.45, 2.75) is 45.3 Å². The van der Waals surface area contributed by atoms with Crippen LogP contribution in [0.3, 0.4) is 0 Å². The zero-order valence-electron chi connectivity index (χ0n) is 16.0. The molecule has 2 aromatic rings. The molecule has 3 heterocycles. The standard InChI is InChI=1S/C20H23N3O4/c1-20(2,3)27-19(25)16-17-13-8-6-10-22(13)18(24)15-12(23(17)11-21-16)7-5-9-14(15)26-4/h5,7,9,11,13H,6,8,10H2,1-4H3. The maximum absolute atomic E-state index is 13.3. The molecule has 0 N–H and O–H groups in total. The van der Waals surface area contributed by atoms with Crippen molar-refractivity contribution in [3.63, 3.8) is 0 Å². The van der Waals surface area contributed by atoms with Gasteiger partial charge in [-0.15, -0.1) is 0 Å². The van der Waals surface area contributed by atoms with E-state index in [2.05, 4.69) is 4.98 Å². The Morgan fingerprint density at radius 2 is 2.07 bits per heavy atom. The van der Waals surface area contributed by atoms with Gasteiger partial charge in [-0.05, 0) is 45.7 Å². The van der Waals surface area contributed by atoms with Crippen molar-refractivity contribution in [2.75, 3.05) is 13.7 Å². The Hall–Kier alpha value is -2.83. The Kier molecular flexibility index (Phi) is 3.98. The van der Waals surface area contributed by atoms with Gasteiger partial charge in [0.2, 0.25) is 0 Å². The molecule has 1 atom stereocenters. The van der Waals surface area contributed by atoms with Crippen LogP contribution in [0.4, 0.5) is 0 Å². The third-order valence-electron chi connectivity index (χ3n) is 4.92. The van der Waals surface area contributed by atoms with Gasteiger partial charge in [0.25, 0.3) is 5.91 Å². The van der Waals surface area contributed by atoms with Crippen LogP contribution in [0.2, 0.25) is 0 Å². The maximum atomic E-state index is 13.3. The Bertz CT molecular complexity index is 926. The van der Waals surface area contributed by atoms with E-state index < -0.39 is 11.6 Å². The molecule has 4 rings (SSSR count). The minimum atomic E-state index is -0.620. The number of nitrogens with zero attached hydrogens (tertiary/aromatic N) is 3. The van der Waals surface area contributed by atoms with Gasteiger partial charge < -0.3 is 14.4 Å². The van der Waals surface area contributed by atoms with Gasteiger partial charge >= 0.3 is 5.97 Å². The first kappa shape index (κ1) is 17.6. The van der Waals surface area contributed by atoms with Gasteiger partial charge in [0.1, 0.15) is 23.2 Å². The highest BCUT2D eigenvalue weighted by molar-refractivity contribution is 6.02. The molecule has 1 unspecified atom stereocenters. The molecule has 0 saturated carbocycles. The molecule has 7 heteroatoms. The number of rotatable bonds is 2. The molecule has 7 nitrogen and oxygen atoms in total. The number of hydrogen-bond acceptors (Lipinski definition) is 5. The van der Waals surface area contributed by atoms with Gasteiger partial charge in [0.15, 0.2) is 5.69 Å². The number of carbonyl (C=O) groups is 2. The molecule has 0 bridgehead atoms. The zero-order valence-corrected chi connectivity index (χ0v) is 16.0. The summed E-state index contributed by atoms with van der Waals surface area (Å²) in [6.07, 6.45) is 3.26. The molecule has 1 aromatic carbocycles. The number of aromatic nitrogens is 2. The van der Waals surface area contributed by atoms with Crippen molar-refractivity contribution in [3.05, 3.63) is 41.5 Å². The molecule has 0 radical (unpaired) electrons. The molecule has 1 fully saturated rings. The fraction of sp³-hybridized carbons (Fsp3) is 0.450. The van der Waals surface area contributed by atoms with Crippen LogP contribution in [0.25, 0.3) is 5.69 Å². The first-order chi connectivity index (χ1) is 12.8. The number of amides is 1. The summed E-state index contributed by atoms with van der Waals surface area (Å²) in [7, 11) is 1.55. The number of carbonyl (C=O) groups excluding carboxylic acids is 2. The van der Waals surface area contributed by atoms with Crippen LogP contribution in [0.5, 0.6) is 5.75 Å². The second-order valence-corrected chi connectivity index (χ2v) is 7.86. The van der Waals surface area contributed by atoms with Gasteiger partial charge in [-0.2, -0.15) is 0 Å². The molecule has 142 valence electrons. The Morgan fingerprint density at radius 3 is 2.78 bits per heavy atom. The average molecular weight is 369 g/mol. The van der Waals surface area contributed by atoms with Crippen molar-refractivity contribution < 1.29 is 19.1 Å². The van der Waals surface area contributed by atoms with E-state index in [4.69, 9.17) is 9.47 Å². The monoisotopic (exact) mass is 369 g/mol. The topological polar surface area (TPSA) is 73.7 Å². The number of fused-ring (bicyclic) bond motifs is 5. The van der Waals surface area contributed by atoms with E-state index in [-0.39, 0.29) is 17.6 Å². The van der Waals surface area contributed by atoms with E-state index in [1.165, 1.54) is 0 Å². The number of benzene rings is 1. The Morgan fingerprint density at radius 1 is 1.30 bits per heavy atom. The number of hydrogen-bond donors (Lipinski definition) is 0. The third kappa shape index (κ3) is 2.78. The predicted octanol–water partition coefficient (Wildman–Crippen LogP) is 3.13. The highest BCUT2D eigenvalue weighted by atomic mass is 16.6. The smallest absolute Gasteiger partial charge is 0.359 e. The summed E-state index contributed by atoms with van der Waals surface area (Å²) in [4.78, 5) is 32.2. The van der Waals surface area contributed by atoms with Gasteiger partial charge in [0, 0.05) is 6.54 Å². The first-order valence-corrected chi connectivity index (χ1v) is 9.11. The van der Waals surface area contributed by atoms with Crippen molar-refractivity contribution in [1.82, 2.24) is 14.5 Å². The van der Waals surface area contributed by atoms with E-state index in [1.54, 1.807) is 19.5 Å². The van der Waals surface area contributed by atoms with Crippen molar-refractivity contribution in [1.29, 1.82) is 0 Å². The molecule has 1 aromatic heterocycles. The van der Waals surface area contributed by atoms with E-state index in [0.717, 1.165) is 12.8 Å². The summed E-state index contributed by atoms with van der Waals surface area (Å²) in [6, 6.07) is 5.25. The van der Waals surface area contributed by atoms with Crippen molar-refractivity contribution in [3.8, 4) is 11.4 Å². The second-order valence-electron chi connectivity index (χ2n) is 7.86. The molecular weight excluding hydrogens is 346 g/mol. The van der Waals surface area contributed by atoms with Crippen LogP contribution in [-0.4, -0.2) is 45.6 Å². The molecule has 0 aliphatic carbocycles. The normalized spacial score (nSPS) is 18.4. The molecule has 0 spiro atoms. The molecule has 2 aliphatic rings. The third-order valence-corrected chi connectivity index (χ3v) is 4.92. The lowest BCUT2D eigenvalue weighted by Crippen LogP contribution is -2.31. The van der Waals surface area contributed by atoms with E-state index in [9.17, 15) is 9.59 Å². The maximum Gasteiger partial charge on any atom is 0.359 e. The van der Waals surface area contributed by atoms with Crippen molar-refractivity contribution >= 4 is 11.9 Å². The van der Waals surface area contributed by atoms with Crippen LogP contribution in [0.1, 0.15) is 66.2 Å². The summed E-state index contributed by atoms with van der Waals surface area (Å²) < 4.78 is 12.8. The number of imidazole rings is 1. The van der Waals surface area contributed by atoms with Gasteiger partial charge in [-0.25, -0.2) is 9.78 Å². The van der Waals surface area contributed by atoms with E-state index in [1.807, 2.05) is 42.4 Å². The van der Waals surface area contributed by atoms with Crippen molar-refractivity contribution in [2.24, 2.45) is 0 Å². The summed E-state index contributed by atoms with van der Waals surface area (Å²) in [6.45, 7) is 6.11. The SMILES string of the molecule is COc1cccc2c1C(=O)N1CCCC1c1c(C(=O)OC(C)(C)C)ncn1-2. The predicted molar refractivity (Wildman–Crippen MR) is 98.3 cm³/mol. The second kappa shape index (κ2) is 6.11. The average Bonchev–Trinajstić information content (AvgIpc) is 3.23. The Labute approximate surface area is 157 Å². The fourth-order valence-corrected chi connectivity index (χ4v) is 3.89. The van der Waals surface area contributed by atoms with E-state index in [0.29, 0.717) is 29.2 Å². The lowest BCUT2D eigenvalue weighted by Gasteiger charge is -2.24. The number of methoxy groups -OCH3 is 1. The molecule has 2 aliphatic heterocycles. The van der Waals surface area contributed by atoms with Crippen LogP contribution in [0.15, 0.2) is 24.5 Å². The summed E-state index contributed by atoms with van der Waals surface area (Å²) in [5.41, 5.74) is 1.53. The van der Waals surface area contributed by atoms with Crippen LogP contribution >= 0.6 is 0 Å². The van der Waals surface area contributed by atoms with Gasteiger partial charge in [-0.1, -0.05) is 6.07 Å². The van der Waals surface area contributed by atoms with Gasteiger partial charge in [-0.3, -0.25) is 9.36 Å². The lowest BCUT2D eigenvalue weighted by atomic mass is 10.1. The minimum absolute atomic E-state index is 0.0798.